The number of methoxy groups -OCH3 is 1. The fourth-order valence-corrected chi connectivity index (χ4v) is 1.73. The van der Waals surface area contributed by atoms with Gasteiger partial charge in [-0.2, -0.15) is 0 Å². The summed E-state index contributed by atoms with van der Waals surface area (Å²) in [6.45, 7) is 2.64. The molecular weight excluding hydrogens is 264 g/mol. The summed E-state index contributed by atoms with van der Waals surface area (Å²) in [5, 5.41) is 2.94. The highest BCUT2D eigenvalue weighted by atomic mass is 19.1. The van der Waals surface area contributed by atoms with Crippen molar-refractivity contribution < 1.29 is 13.5 Å². The average molecular weight is 279 g/mol. The molecule has 1 N–H and O–H groups in total. The summed E-state index contributed by atoms with van der Waals surface area (Å²) in [6.07, 6.45) is 1.91. The molecule has 20 heavy (non-hydrogen) atoms. The van der Waals surface area contributed by atoms with Gasteiger partial charge >= 0.3 is 0 Å². The summed E-state index contributed by atoms with van der Waals surface area (Å²) in [7, 11) is 1.35. The van der Waals surface area contributed by atoms with Crippen molar-refractivity contribution >= 4 is 5.95 Å². The van der Waals surface area contributed by atoms with Gasteiger partial charge in [0.25, 0.3) is 0 Å². The van der Waals surface area contributed by atoms with Crippen molar-refractivity contribution in [2.24, 2.45) is 0 Å². The van der Waals surface area contributed by atoms with Crippen LogP contribution in [-0.2, 0) is 0 Å². The van der Waals surface area contributed by atoms with Crippen molar-refractivity contribution in [2.75, 3.05) is 19.0 Å². The molecule has 2 aromatic rings. The fraction of sp³-hybridized carbons (Fsp3) is 0.286. The van der Waals surface area contributed by atoms with Crippen molar-refractivity contribution in [3.8, 4) is 17.0 Å². The van der Waals surface area contributed by atoms with Crippen molar-refractivity contribution in [3.63, 3.8) is 0 Å². The zero-order valence-electron chi connectivity index (χ0n) is 11.3. The summed E-state index contributed by atoms with van der Waals surface area (Å²) >= 11 is 0. The number of nitrogens with one attached hydrogen (secondary N) is 1. The minimum absolute atomic E-state index is 0.0450. The van der Waals surface area contributed by atoms with Crippen LogP contribution in [0.3, 0.4) is 0 Å². The summed E-state index contributed by atoms with van der Waals surface area (Å²) < 4.78 is 32.9. The van der Waals surface area contributed by atoms with E-state index in [-0.39, 0.29) is 23.0 Å². The first kappa shape index (κ1) is 14.2. The number of hydrogen-bond acceptors (Lipinski definition) is 4. The van der Waals surface area contributed by atoms with Crippen molar-refractivity contribution in [2.45, 2.75) is 13.3 Å². The Bertz CT molecular complexity index is 605. The van der Waals surface area contributed by atoms with Gasteiger partial charge in [0.05, 0.1) is 13.3 Å². The lowest BCUT2D eigenvalue weighted by Gasteiger charge is -2.09. The zero-order valence-corrected chi connectivity index (χ0v) is 11.3. The maximum atomic E-state index is 14.1. The standard InChI is InChI=1S/C14H15F2N3O/c1-3-7-17-14-18-8-10(15)13(19-14)9-5-4-6-11(20-2)12(9)16/h4-6,8H,3,7H2,1-2H3,(H,17,18,19). The van der Waals surface area contributed by atoms with Crippen LogP contribution in [-0.4, -0.2) is 23.6 Å². The third kappa shape index (κ3) is 2.84. The van der Waals surface area contributed by atoms with Crippen molar-refractivity contribution in [1.82, 2.24) is 9.97 Å². The Balaban J connectivity index is 2.46. The van der Waals surface area contributed by atoms with E-state index in [1.807, 2.05) is 6.92 Å². The molecule has 1 heterocycles. The van der Waals surface area contributed by atoms with Gasteiger partial charge in [0.15, 0.2) is 17.4 Å². The van der Waals surface area contributed by atoms with Gasteiger partial charge in [-0.05, 0) is 18.6 Å². The molecule has 0 radical (unpaired) electrons. The van der Waals surface area contributed by atoms with E-state index in [0.717, 1.165) is 12.6 Å². The van der Waals surface area contributed by atoms with Crippen molar-refractivity contribution in [3.05, 3.63) is 36.0 Å². The van der Waals surface area contributed by atoms with Crippen LogP contribution in [0.5, 0.6) is 5.75 Å². The fourth-order valence-electron chi connectivity index (χ4n) is 1.73. The normalized spacial score (nSPS) is 10.4. The van der Waals surface area contributed by atoms with Crippen LogP contribution in [0.1, 0.15) is 13.3 Å². The molecule has 1 aromatic carbocycles. The number of rotatable bonds is 5. The highest BCUT2D eigenvalue weighted by Crippen LogP contribution is 2.29. The third-order valence-corrected chi connectivity index (χ3v) is 2.72. The van der Waals surface area contributed by atoms with Crippen LogP contribution in [0, 0.1) is 11.6 Å². The van der Waals surface area contributed by atoms with Gasteiger partial charge in [-0.15, -0.1) is 0 Å². The van der Waals surface area contributed by atoms with Gasteiger partial charge < -0.3 is 10.1 Å². The molecule has 0 saturated heterocycles. The number of nitrogens with zero attached hydrogens (tertiary/aromatic N) is 2. The molecule has 4 nitrogen and oxygen atoms in total. The van der Waals surface area contributed by atoms with E-state index in [1.165, 1.54) is 19.2 Å². The largest absolute Gasteiger partial charge is 0.494 e. The number of halogens is 2. The second kappa shape index (κ2) is 6.27. The van der Waals surface area contributed by atoms with Gasteiger partial charge in [0, 0.05) is 12.1 Å². The van der Waals surface area contributed by atoms with Gasteiger partial charge in [0.1, 0.15) is 5.69 Å². The maximum absolute atomic E-state index is 14.1. The van der Waals surface area contributed by atoms with Gasteiger partial charge in [-0.3, -0.25) is 0 Å². The monoisotopic (exact) mass is 279 g/mol. The van der Waals surface area contributed by atoms with Crippen LogP contribution >= 0.6 is 0 Å². The molecule has 0 amide bonds. The molecule has 6 heteroatoms. The second-order valence-electron chi connectivity index (χ2n) is 4.14. The minimum atomic E-state index is -0.681. The van der Waals surface area contributed by atoms with Crippen molar-refractivity contribution in [1.29, 1.82) is 0 Å². The highest BCUT2D eigenvalue weighted by molar-refractivity contribution is 5.63. The van der Waals surface area contributed by atoms with Crippen LogP contribution in [0.25, 0.3) is 11.3 Å². The molecular formula is C14H15F2N3O. The molecule has 0 atom stereocenters. The Morgan fingerprint density at radius 1 is 1.30 bits per heavy atom. The summed E-state index contributed by atoms with van der Waals surface area (Å²) in [6, 6.07) is 4.50. The lowest BCUT2D eigenvalue weighted by molar-refractivity contribution is 0.387. The first-order valence-corrected chi connectivity index (χ1v) is 6.26. The maximum Gasteiger partial charge on any atom is 0.223 e. The van der Waals surface area contributed by atoms with E-state index < -0.39 is 11.6 Å². The molecule has 0 aliphatic carbocycles. The highest BCUT2D eigenvalue weighted by Gasteiger charge is 2.16. The number of anilines is 1. The Kier molecular flexibility index (Phi) is 4.45. The zero-order chi connectivity index (χ0) is 14.5. The number of benzene rings is 1. The third-order valence-electron chi connectivity index (χ3n) is 2.72. The predicted molar refractivity (Wildman–Crippen MR) is 72.7 cm³/mol. The van der Waals surface area contributed by atoms with E-state index >= 15 is 0 Å². The molecule has 0 spiro atoms. The topological polar surface area (TPSA) is 47.0 Å². The number of hydrogen-bond donors (Lipinski definition) is 1. The van der Waals surface area contributed by atoms with E-state index in [0.29, 0.717) is 6.54 Å². The Hall–Kier alpha value is -2.24. The first-order chi connectivity index (χ1) is 9.67. The molecule has 0 aliphatic rings. The van der Waals surface area contributed by atoms with Crippen LogP contribution in [0.2, 0.25) is 0 Å². The second-order valence-corrected chi connectivity index (χ2v) is 4.14. The Morgan fingerprint density at radius 2 is 2.10 bits per heavy atom. The SMILES string of the molecule is CCCNc1ncc(F)c(-c2cccc(OC)c2F)n1. The lowest BCUT2D eigenvalue weighted by Crippen LogP contribution is -2.06. The smallest absolute Gasteiger partial charge is 0.223 e. The minimum Gasteiger partial charge on any atom is -0.494 e. The average Bonchev–Trinajstić information content (AvgIpc) is 2.47. The molecule has 0 aliphatic heterocycles. The quantitative estimate of drug-likeness (QED) is 0.912. The molecule has 0 saturated carbocycles. The molecule has 0 bridgehead atoms. The first-order valence-electron chi connectivity index (χ1n) is 6.26. The van der Waals surface area contributed by atoms with Crippen LogP contribution in [0.4, 0.5) is 14.7 Å². The Morgan fingerprint density at radius 3 is 2.80 bits per heavy atom. The van der Waals surface area contributed by atoms with E-state index in [9.17, 15) is 8.78 Å². The molecule has 106 valence electrons. The molecule has 1 aromatic heterocycles. The number of aromatic nitrogens is 2. The van der Waals surface area contributed by atoms with Crippen LogP contribution < -0.4 is 10.1 Å². The molecule has 0 unspecified atom stereocenters. The Labute approximate surface area is 115 Å². The number of ether oxygens (including phenoxy) is 1. The van der Waals surface area contributed by atoms with E-state index in [1.54, 1.807) is 6.07 Å². The van der Waals surface area contributed by atoms with Gasteiger partial charge in [-0.25, -0.2) is 18.7 Å². The predicted octanol–water partition coefficient (Wildman–Crippen LogP) is 3.25. The van der Waals surface area contributed by atoms with E-state index in [4.69, 9.17) is 4.74 Å². The summed E-state index contributed by atoms with van der Waals surface area (Å²) in [5.74, 6) is -1.01. The van der Waals surface area contributed by atoms with Crippen LogP contribution in [0.15, 0.2) is 24.4 Å². The van der Waals surface area contributed by atoms with Gasteiger partial charge in [-0.1, -0.05) is 13.0 Å². The van der Waals surface area contributed by atoms with Gasteiger partial charge in [0.2, 0.25) is 5.95 Å². The summed E-state index contributed by atoms with van der Waals surface area (Å²) in [4.78, 5) is 7.85. The van der Waals surface area contributed by atoms with E-state index in [2.05, 4.69) is 15.3 Å². The lowest BCUT2D eigenvalue weighted by atomic mass is 10.1. The molecule has 2 rings (SSSR count). The molecule has 0 fully saturated rings. The summed E-state index contributed by atoms with van der Waals surface area (Å²) in [5.41, 5.74) is -0.0428.